The van der Waals surface area contributed by atoms with Crippen LogP contribution in [0.25, 0.3) is 0 Å². The van der Waals surface area contributed by atoms with Gasteiger partial charge in [-0.25, -0.2) is 0 Å². The largest absolute Gasteiger partial charge is 0.491 e. The van der Waals surface area contributed by atoms with E-state index < -0.39 is 0 Å². The lowest BCUT2D eigenvalue weighted by atomic mass is 10.1. The number of methoxy groups -OCH3 is 1. The van der Waals surface area contributed by atoms with Gasteiger partial charge in [0, 0.05) is 7.11 Å². The van der Waals surface area contributed by atoms with E-state index in [9.17, 15) is 4.79 Å². The molecule has 0 aliphatic rings. The second-order valence-electron chi connectivity index (χ2n) is 5.00. The van der Waals surface area contributed by atoms with Gasteiger partial charge in [0.15, 0.2) is 0 Å². The van der Waals surface area contributed by atoms with Crippen LogP contribution in [0.2, 0.25) is 0 Å². The lowest BCUT2D eigenvalue weighted by Gasteiger charge is -2.25. The summed E-state index contributed by atoms with van der Waals surface area (Å²) in [6.45, 7) is 6.82. The third-order valence-corrected chi connectivity index (χ3v) is 2.95. The van der Waals surface area contributed by atoms with Crippen molar-refractivity contribution in [2.24, 2.45) is 5.92 Å². The number of nitrogens with zero attached hydrogens (tertiary/aromatic N) is 1. The molecule has 0 fully saturated rings. The zero-order valence-corrected chi connectivity index (χ0v) is 13.2. The summed E-state index contributed by atoms with van der Waals surface area (Å²) in [6, 6.07) is 5.70. The summed E-state index contributed by atoms with van der Waals surface area (Å²) in [5, 5.41) is 0. The Morgan fingerprint density at radius 2 is 2.10 bits per heavy atom. The average molecular weight is 300 g/mol. The summed E-state index contributed by atoms with van der Waals surface area (Å²) < 4.78 is 10.9. The van der Waals surface area contributed by atoms with Gasteiger partial charge in [0.25, 0.3) is 0 Å². The molecule has 0 unspecified atom stereocenters. The van der Waals surface area contributed by atoms with Crippen molar-refractivity contribution >= 4 is 23.2 Å². The number of benzene rings is 1. The van der Waals surface area contributed by atoms with Gasteiger partial charge >= 0.3 is 0 Å². The number of halogens is 1. The normalized spacial score (nSPS) is 10.7. The molecule has 0 atom stereocenters. The van der Waals surface area contributed by atoms with Crippen molar-refractivity contribution in [3.8, 4) is 5.75 Å². The molecule has 1 aromatic carbocycles. The summed E-state index contributed by atoms with van der Waals surface area (Å²) in [5.41, 5.74) is 1.67. The number of amides is 1. The number of aryl methyl sites for hydroxylation is 1. The molecule has 0 aliphatic carbocycles. The maximum absolute atomic E-state index is 12.0. The van der Waals surface area contributed by atoms with E-state index >= 15 is 0 Å². The van der Waals surface area contributed by atoms with Gasteiger partial charge in [-0.15, -0.1) is 11.6 Å². The van der Waals surface area contributed by atoms with Crippen LogP contribution in [-0.4, -0.2) is 32.2 Å². The van der Waals surface area contributed by atoms with Crippen LogP contribution >= 0.6 is 11.6 Å². The highest BCUT2D eigenvalue weighted by Crippen LogP contribution is 2.32. The number of carbonyl (C=O) groups excluding carboxylic acids is 1. The van der Waals surface area contributed by atoms with Crippen molar-refractivity contribution in [1.29, 1.82) is 0 Å². The van der Waals surface area contributed by atoms with E-state index in [1.165, 1.54) is 4.90 Å². The Labute approximate surface area is 125 Å². The van der Waals surface area contributed by atoms with E-state index in [2.05, 4.69) is 13.8 Å². The summed E-state index contributed by atoms with van der Waals surface area (Å²) >= 11 is 5.68. The van der Waals surface area contributed by atoms with Crippen LogP contribution in [0.15, 0.2) is 18.2 Å². The van der Waals surface area contributed by atoms with Crippen molar-refractivity contribution in [2.75, 3.05) is 31.2 Å². The zero-order valence-electron chi connectivity index (χ0n) is 12.5. The second kappa shape index (κ2) is 8.12. The van der Waals surface area contributed by atoms with Crippen LogP contribution in [0.1, 0.15) is 19.4 Å². The summed E-state index contributed by atoms with van der Waals surface area (Å²) in [7, 11) is 1.54. The quantitative estimate of drug-likeness (QED) is 0.573. The molecule has 0 spiro atoms. The standard InChI is InChI=1S/C15H22ClNO3/c1-11(2)9-20-13-7-5-6-12(3)15(13)17(10-19-4)14(18)8-16/h5-7,11H,8-10H2,1-4H3. The van der Waals surface area contributed by atoms with E-state index in [1.807, 2.05) is 25.1 Å². The molecule has 0 aromatic heterocycles. The Kier molecular flexibility index (Phi) is 6.82. The van der Waals surface area contributed by atoms with Gasteiger partial charge in [-0.05, 0) is 24.5 Å². The SMILES string of the molecule is COCN(C(=O)CCl)c1c(C)cccc1OCC(C)C. The summed E-state index contributed by atoms with van der Waals surface area (Å²) in [5.74, 6) is 0.774. The molecular weight excluding hydrogens is 278 g/mol. The van der Waals surface area contributed by atoms with Crippen LogP contribution in [0.4, 0.5) is 5.69 Å². The Morgan fingerprint density at radius 3 is 2.65 bits per heavy atom. The molecule has 0 saturated carbocycles. The van der Waals surface area contributed by atoms with E-state index in [0.717, 1.165) is 11.3 Å². The minimum atomic E-state index is -0.211. The third-order valence-electron chi connectivity index (χ3n) is 2.72. The monoisotopic (exact) mass is 299 g/mol. The van der Waals surface area contributed by atoms with Gasteiger partial charge in [0.2, 0.25) is 5.91 Å². The highest BCUT2D eigenvalue weighted by molar-refractivity contribution is 6.29. The number of ether oxygens (including phenoxy) is 2. The maximum Gasteiger partial charge on any atom is 0.243 e. The molecular formula is C15H22ClNO3. The first-order chi connectivity index (χ1) is 9.51. The van der Waals surface area contributed by atoms with Crippen molar-refractivity contribution in [3.63, 3.8) is 0 Å². The Morgan fingerprint density at radius 1 is 1.40 bits per heavy atom. The fraction of sp³-hybridized carbons (Fsp3) is 0.533. The van der Waals surface area contributed by atoms with E-state index in [0.29, 0.717) is 18.3 Å². The summed E-state index contributed by atoms with van der Waals surface area (Å²) in [6.07, 6.45) is 0. The Hall–Kier alpha value is -1.26. The molecule has 1 aromatic rings. The average Bonchev–Trinajstić information content (AvgIpc) is 2.42. The molecule has 112 valence electrons. The minimum absolute atomic E-state index is 0.0959. The summed E-state index contributed by atoms with van der Waals surface area (Å²) in [4.78, 5) is 13.5. The second-order valence-corrected chi connectivity index (χ2v) is 5.27. The smallest absolute Gasteiger partial charge is 0.243 e. The number of hydrogen-bond acceptors (Lipinski definition) is 3. The molecule has 0 heterocycles. The van der Waals surface area contributed by atoms with Crippen molar-refractivity contribution in [1.82, 2.24) is 0 Å². The number of hydrogen-bond donors (Lipinski definition) is 0. The van der Waals surface area contributed by atoms with Gasteiger partial charge in [-0.3, -0.25) is 9.69 Å². The topological polar surface area (TPSA) is 38.8 Å². The van der Waals surface area contributed by atoms with Gasteiger partial charge in [-0.2, -0.15) is 0 Å². The fourth-order valence-corrected chi connectivity index (χ4v) is 1.96. The molecule has 0 bridgehead atoms. The van der Waals surface area contributed by atoms with E-state index in [4.69, 9.17) is 21.1 Å². The molecule has 1 rings (SSSR count). The molecule has 0 N–H and O–H groups in total. The highest BCUT2D eigenvalue weighted by atomic mass is 35.5. The zero-order chi connectivity index (χ0) is 15.1. The minimum Gasteiger partial charge on any atom is -0.491 e. The van der Waals surface area contributed by atoms with Crippen LogP contribution in [-0.2, 0) is 9.53 Å². The molecule has 4 nitrogen and oxygen atoms in total. The number of rotatable bonds is 7. The van der Waals surface area contributed by atoms with Gasteiger partial charge in [-0.1, -0.05) is 26.0 Å². The number of carbonyl (C=O) groups is 1. The molecule has 1 amide bonds. The van der Waals surface area contributed by atoms with Crippen LogP contribution in [0.5, 0.6) is 5.75 Å². The Balaban J connectivity index is 3.14. The van der Waals surface area contributed by atoms with Crippen molar-refractivity contribution < 1.29 is 14.3 Å². The number of alkyl halides is 1. The molecule has 5 heteroatoms. The predicted octanol–water partition coefficient (Wildman–Crippen LogP) is 3.21. The van der Waals surface area contributed by atoms with Crippen LogP contribution < -0.4 is 9.64 Å². The van der Waals surface area contributed by atoms with Crippen molar-refractivity contribution in [2.45, 2.75) is 20.8 Å². The first-order valence-corrected chi connectivity index (χ1v) is 7.12. The highest BCUT2D eigenvalue weighted by Gasteiger charge is 2.20. The molecule has 0 saturated heterocycles. The predicted molar refractivity (Wildman–Crippen MR) is 81.6 cm³/mol. The molecule has 0 radical (unpaired) electrons. The van der Waals surface area contributed by atoms with Crippen molar-refractivity contribution in [3.05, 3.63) is 23.8 Å². The van der Waals surface area contributed by atoms with E-state index in [1.54, 1.807) is 7.11 Å². The number of anilines is 1. The fourth-order valence-electron chi connectivity index (χ4n) is 1.81. The Bertz CT molecular complexity index is 449. The maximum atomic E-state index is 12.0. The van der Waals surface area contributed by atoms with Crippen LogP contribution in [0.3, 0.4) is 0 Å². The molecule has 20 heavy (non-hydrogen) atoms. The van der Waals surface area contributed by atoms with Gasteiger partial charge < -0.3 is 9.47 Å². The number of para-hydroxylation sites is 1. The van der Waals surface area contributed by atoms with Gasteiger partial charge in [0.05, 0.1) is 12.3 Å². The first-order valence-electron chi connectivity index (χ1n) is 6.59. The molecule has 0 aliphatic heterocycles. The third kappa shape index (κ3) is 4.39. The first kappa shape index (κ1) is 16.8. The van der Waals surface area contributed by atoms with E-state index in [-0.39, 0.29) is 18.5 Å². The van der Waals surface area contributed by atoms with Crippen LogP contribution in [0, 0.1) is 12.8 Å². The lowest BCUT2D eigenvalue weighted by molar-refractivity contribution is -0.117. The van der Waals surface area contributed by atoms with Gasteiger partial charge in [0.1, 0.15) is 18.4 Å². The lowest BCUT2D eigenvalue weighted by Crippen LogP contribution is -2.34.